The van der Waals surface area contributed by atoms with Crippen molar-refractivity contribution in [2.75, 3.05) is 13.1 Å². The molecule has 4 heterocycles. The monoisotopic (exact) mass is 422 g/mol. The van der Waals surface area contributed by atoms with E-state index in [1.54, 1.807) is 18.5 Å². The van der Waals surface area contributed by atoms with Crippen LogP contribution in [0, 0.1) is 5.92 Å². The zero-order valence-electron chi connectivity index (χ0n) is 17.5. The predicted octanol–water partition coefficient (Wildman–Crippen LogP) is 3.72. The fraction of sp³-hybridized carbons (Fsp3) is 0.231. The van der Waals surface area contributed by atoms with Crippen molar-refractivity contribution in [2.24, 2.45) is 5.92 Å². The third kappa shape index (κ3) is 3.11. The van der Waals surface area contributed by atoms with E-state index in [9.17, 15) is 9.59 Å². The molecule has 2 aliphatic rings. The maximum atomic E-state index is 13.1. The van der Waals surface area contributed by atoms with E-state index >= 15 is 0 Å². The van der Waals surface area contributed by atoms with Crippen LogP contribution in [-0.2, 0) is 6.54 Å². The van der Waals surface area contributed by atoms with Crippen molar-refractivity contribution in [1.82, 2.24) is 19.4 Å². The molecular weight excluding hydrogens is 400 g/mol. The van der Waals surface area contributed by atoms with Gasteiger partial charge in [-0.15, -0.1) is 0 Å². The third-order valence-corrected chi connectivity index (χ3v) is 6.75. The van der Waals surface area contributed by atoms with E-state index in [1.165, 1.54) is 17.1 Å². The number of piperidine rings is 1. The minimum absolute atomic E-state index is 0.0375. The minimum atomic E-state index is -0.0423. The van der Waals surface area contributed by atoms with Crippen molar-refractivity contribution in [1.29, 1.82) is 0 Å². The Morgan fingerprint density at radius 3 is 2.56 bits per heavy atom. The van der Waals surface area contributed by atoms with Crippen molar-refractivity contribution in [3.63, 3.8) is 0 Å². The van der Waals surface area contributed by atoms with Gasteiger partial charge in [0.15, 0.2) is 0 Å². The van der Waals surface area contributed by atoms with Crippen LogP contribution < -0.4 is 5.56 Å². The molecule has 4 aromatic rings. The lowest BCUT2D eigenvalue weighted by Gasteiger charge is -2.43. The van der Waals surface area contributed by atoms with Crippen molar-refractivity contribution in [3.05, 3.63) is 94.9 Å². The molecule has 2 aliphatic heterocycles. The van der Waals surface area contributed by atoms with Gasteiger partial charge in [-0.05, 0) is 40.8 Å². The van der Waals surface area contributed by atoms with Gasteiger partial charge in [-0.3, -0.25) is 9.59 Å². The molecule has 0 aliphatic carbocycles. The molecule has 6 nitrogen and oxygen atoms in total. The number of carbonyl (C=O) groups is 1. The number of nitrogens with zero attached hydrogens (tertiary/aromatic N) is 4. The predicted molar refractivity (Wildman–Crippen MR) is 122 cm³/mol. The van der Waals surface area contributed by atoms with Gasteiger partial charge in [0.05, 0.1) is 5.56 Å². The van der Waals surface area contributed by atoms with Gasteiger partial charge in [0.1, 0.15) is 6.33 Å². The first kappa shape index (κ1) is 18.9. The zero-order valence-corrected chi connectivity index (χ0v) is 17.5. The Labute approximate surface area is 185 Å². The maximum Gasteiger partial charge on any atom is 0.257 e. The summed E-state index contributed by atoms with van der Waals surface area (Å²) in [7, 11) is 0. The Morgan fingerprint density at radius 2 is 1.72 bits per heavy atom. The van der Waals surface area contributed by atoms with E-state index in [4.69, 9.17) is 0 Å². The lowest BCUT2D eigenvalue weighted by atomic mass is 9.80. The molecule has 2 atom stereocenters. The fourth-order valence-electron chi connectivity index (χ4n) is 5.37. The van der Waals surface area contributed by atoms with Gasteiger partial charge >= 0.3 is 0 Å². The first-order valence-corrected chi connectivity index (χ1v) is 10.9. The Bertz CT molecular complexity index is 1400. The largest absolute Gasteiger partial charge is 0.338 e. The van der Waals surface area contributed by atoms with Crippen LogP contribution >= 0.6 is 0 Å². The average molecular weight is 422 g/mol. The molecule has 1 fully saturated rings. The van der Waals surface area contributed by atoms with Crippen LogP contribution in [-0.4, -0.2) is 38.4 Å². The number of hydrogen-bond acceptors (Lipinski definition) is 4. The zero-order chi connectivity index (χ0) is 21.7. The summed E-state index contributed by atoms with van der Waals surface area (Å²) in [5, 5.41) is 2.37. The van der Waals surface area contributed by atoms with Crippen LogP contribution in [0.4, 0.5) is 0 Å². The molecule has 0 radical (unpaired) electrons. The van der Waals surface area contributed by atoms with Crippen LogP contribution in [0.3, 0.4) is 0 Å². The van der Waals surface area contributed by atoms with Gasteiger partial charge < -0.3 is 9.47 Å². The quantitative estimate of drug-likeness (QED) is 0.494. The van der Waals surface area contributed by atoms with Gasteiger partial charge in [-0.1, -0.05) is 36.4 Å². The topological polar surface area (TPSA) is 68.1 Å². The molecule has 2 unspecified atom stereocenters. The SMILES string of the molecule is O=C(c1cncnc1)N1CC2CC(C1)c1c(-c3ccc4ccccc4c3)ccc(=O)n1C2. The van der Waals surface area contributed by atoms with Crippen LogP contribution in [0.15, 0.2) is 78.1 Å². The highest BCUT2D eigenvalue weighted by Gasteiger charge is 2.38. The number of aromatic nitrogens is 3. The summed E-state index contributed by atoms with van der Waals surface area (Å²) >= 11 is 0. The van der Waals surface area contributed by atoms with E-state index in [-0.39, 0.29) is 23.3 Å². The highest BCUT2D eigenvalue weighted by atomic mass is 16.2. The molecule has 6 heteroatoms. The first-order chi connectivity index (χ1) is 15.7. The van der Waals surface area contributed by atoms with Crippen molar-refractivity contribution >= 4 is 16.7 Å². The minimum Gasteiger partial charge on any atom is -0.338 e. The van der Waals surface area contributed by atoms with Gasteiger partial charge in [0, 0.05) is 55.3 Å². The standard InChI is InChI=1S/C26H22N4O2/c31-24-8-7-23(20-6-5-18-3-1-2-4-19(18)10-20)25-21-9-17(14-30(24)25)13-29(15-21)26(32)22-11-27-16-28-12-22/h1-8,10-12,16-17,21H,9,13-15H2. The Kier molecular flexibility index (Phi) is 4.38. The molecule has 2 aromatic carbocycles. The number of amides is 1. The molecular formula is C26H22N4O2. The molecule has 1 amide bonds. The average Bonchev–Trinajstić information content (AvgIpc) is 2.84. The molecule has 2 aromatic heterocycles. The van der Waals surface area contributed by atoms with E-state index in [0.29, 0.717) is 25.2 Å². The molecule has 0 N–H and O–H groups in total. The maximum absolute atomic E-state index is 13.1. The Morgan fingerprint density at radius 1 is 0.906 bits per heavy atom. The summed E-state index contributed by atoms with van der Waals surface area (Å²) in [5.74, 6) is 0.338. The highest BCUT2D eigenvalue weighted by molar-refractivity contribution is 5.93. The van der Waals surface area contributed by atoms with Crippen LogP contribution in [0.2, 0.25) is 0 Å². The van der Waals surface area contributed by atoms with Gasteiger partial charge in [0.25, 0.3) is 11.5 Å². The van der Waals surface area contributed by atoms with Crippen LogP contribution in [0.1, 0.15) is 28.4 Å². The lowest BCUT2D eigenvalue weighted by molar-refractivity contribution is 0.0594. The smallest absolute Gasteiger partial charge is 0.257 e. The van der Waals surface area contributed by atoms with Crippen LogP contribution in [0.5, 0.6) is 0 Å². The van der Waals surface area contributed by atoms with Gasteiger partial charge in [-0.25, -0.2) is 9.97 Å². The normalized spacial score (nSPS) is 19.6. The second-order valence-corrected chi connectivity index (χ2v) is 8.78. The molecule has 0 saturated carbocycles. The summed E-state index contributed by atoms with van der Waals surface area (Å²) in [4.78, 5) is 35.8. The van der Waals surface area contributed by atoms with Crippen molar-refractivity contribution in [2.45, 2.75) is 18.9 Å². The Balaban J connectivity index is 1.42. The summed E-state index contributed by atoms with van der Waals surface area (Å²) in [5.41, 5.74) is 3.77. The molecule has 32 heavy (non-hydrogen) atoms. The molecule has 2 bridgehead atoms. The lowest BCUT2D eigenvalue weighted by Crippen LogP contribution is -2.49. The fourth-order valence-corrected chi connectivity index (χ4v) is 5.37. The van der Waals surface area contributed by atoms with E-state index < -0.39 is 0 Å². The summed E-state index contributed by atoms with van der Waals surface area (Å²) in [6.45, 7) is 1.88. The second kappa shape index (κ2) is 7.41. The van der Waals surface area contributed by atoms with Crippen LogP contribution in [0.25, 0.3) is 21.9 Å². The Hall–Kier alpha value is -3.80. The van der Waals surface area contributed by atoms with Gasteiger partial charge in [0.2, 0.25) is 0 Å². The number of likely N-dealkylation sites (tertiary alicyclic amines) is 1. The number of benzene rings is 2. The van der Waals surface area contributed by atoms with E-state index in [1.807, 2.05) is 27.7 Å². The number of rotatable bonds is 2. The number of carbonyl (C=O) groups excluding carboxylic acids is 1. The molecule has 158 valence electrons. The molecule has 0 spiro atoms. The summed E-state index contributed by atoms with van der Waals surface area (Å²) in [6.07, 6.45) is 5.55. The van der Waals surface area contributed by atoms with Crippen molar-refractivity contribution in [3.8, 4) is 11.1 Å². The number of hydrogen-bond donors (Lipinski definition) is 0. The summed E-state index contributed by atoms with van der Waals surface area (Å²) < 4.78 is 1.94. The number of pyridine rings is 1. The molecule has 1 saturated heterocycles. The highest BCUT2D eigenvalue weighted by Crippen LogP contribution is 2.40. The van der Waals surface area contributed by atoms with E-state index in [0.717, 1.165) is 23.2 Å². The van der Waals surface area contributed by atoms with E-state index in [2.05, 4.69) is 40.3 Å². The van der Waals surface area contributed by atoms with Gasteiger partial charge in [-0.2, -0.15) is 0 Å². The number of fused-ring (bicyclic) bond motifs is 5. The second-order valence-electron chi connectivity index (χ2n) is 8.78. The third-order valence-electron chi connectivity index (χ3n) is 6.75. The summed E-state index contributed by atoms with van der Waals surface area (Å²) in [6, 6.07) is 18.4. The molecule has 6 rings (SSSR count). The van der Waals surface area contributed by atoms with Crippen molar-refractivity contribution < 1.29 is 4.79 Å². The first-order valence-electron chi connectivity index (χ1n) is 10.9.